The number of hydrogen-bond donors (Lipinski definition) is 1. The van der Waals surface area contributed by atoms with E-state index in [4.69, 9.17) is 0 Å². The van der Waals surface area contributed by atoms with E-state index in [-0.39, 0.29) is 12.0 Å². The number of hydrogen-bond acceptors (Lipinski definition) is 2. The van der Waals surface area contributed by atoms with Crippen molar-refractivity contribution >= 4 is 5.91 Å². The van der Waals surface area contributed by atoms with Crippen molar-refractivity contribution in [2.24, 2.45) is 5.92 Å². The Balaban J connectivity index is 1.85. The van der Waals surface area contributed by atoms with Crippen molar-refractivity contribution in [3.63, 3.8) is 0 Å². The fourth-order valence-electron chi connectivity index (χ4n) is 2.87. The molecular weight excluding hydrogens is 202 g/mol. The summed E-state index contributed by atoms with van der Waals surface area (Å²) < 4.78 is 0. The lowest BCUT2D eigenvalue weighted by Gasteiger charge is -2.32. The van der Waals surface area contributed by atoms with E-state index in [2.05, 4.69) is 0 Å². The van der Waals surface area contributed by atoms with Gasteiger partial charge in [-0.05, 0) is 25.7 Å². The molecule has 1 N–H and O–H groups in total. The average molecular weight is 225 g/mol. The highest BCUT2D eigenvalue weighted by atomic mass is 16.3. The van der Waals surface area contributed by atoms with Crippen LogP contribution in [0.4, 0.5) is 0 Å². The lowest BCUT2D eigenvalue weighted by molar-refractivity contribution is -0.138. The van der Waals surface area contributed by atoms with E-state index >= 15 is 0 Å². The maximum atomic E-state index is 12.3. The molecule has 1 aliphatic heterocycles. The van der Waals surface area contributed by atoms with Crippen LogP contribution in [0.25, 0.3) is 0 Å². The summed E-state index contributed by atoms with van der Waals surface area (Å²) in [6.45, 7) is 1.52. The van der Waals surface area contributed by atoms with Gasteiger partial charge in [-0.15, -0.1) is 0 Å². The van der Waals surface area contributed by atoms with Gasteiger partial charge in [0.1, 0.15) is 0 Å². The van der Waals surface area contributed by atoms with Crippen LogP contribution >= 0.6 is 0 Å². The van der Waals surface area contributed by atoms with Crippen molar-refractivity contribution < 1.29 is 9.90 Å². The summed E-state index contributed by atoms with van der Waals surface area (Å²) in [4.78, 5) is 14.2. The van der Waals surface area contributed by atoms with E-state index in [1.807, 2.05) is 4.90 Å². The lowest BCUT2D eigenvalue weighted by atomic mass is 9.97. The van der Waals surface area contributed by atoms with Crippen LogP contribution in [-0.4, -0.2) is 35.1 Å². The number of likely N-dealkylation sites (tertiary alicyclic amines) is 1. The third-order valence-electron chi connectivity index (χ3n) is 3.98. The van der Waals surface area contributed by atoms with Gasteiger partial charge in [-0.3, -0.25) is 4.79 Å². The van der Waals surface area contributed by atoms with Crippen molar-refractivity contribution in [3.05, 3.63) is 0 Å². The van der Waals surface area contributed by atoms with E-state index < -0.39 is 0 Å². The van der Waals surface area contributed by atoms with E-state index in [0.29, 0.717) is 5.91 Å². The first-order valence-corrected chi connectivity index (χ1v) is 6.74. The molecule has 2 rings (SSSR count). The normalized spacial score (nSPS) is 25.4. The molecule has 0 bridgehead atoms. The van der Waals surface area contributed by atoms with Crippen LogP contribution in [0.1, 0.15) is 51.4 Å². The Morgan fingerprint density at radius 1 is 0.938 bits per heavy atom. The molecule has 1 saturated heterocycles. The van der Waals surface area contributed by atoms with Gasteiger partial charge in [0.2, 0.25) is 5.91 Å². The maximum Gasteiger partial charge on any atom is 0.225 e. The number of carbonyl (C=O) groups excluding carboxylic acids is 1. The first-order chi connectivity index (χ1) is 7.77. The lowest BCUT2D eigenvalue weighted by Crippen LogP contribution is -2.43. The number of amides is 1. The molecule has 0 radical (unpaired) electrons. The van der Waals surface area contributed by atoms with Crippen LogP contribution in [0.3, 0.4) is 0 Å². The van der Waals surface area contributed by atoms with Crippen molar-refractivity contribution in [2.45, 2.75) is 57.5 Å². The zero-order chi connectivity index (χ0) is 11.4. The average Bonchev–Trinajstić information content (AvgIpc) is 2.57. The van der Waals surface area contributed by atoms with Gasteiger partial charge in [0.05, 0.1) is 6.10 Å². The number of carbonyl (C=O) groups is 1. The molecule has 1 heterocycles. The summed E-state index contributed by atoms with van der Waals surface area (Å²) in [5, 5.41) is 9.43. The third-order valence-corrected chi connectivity index (χ3v) is 3.98. The van der Waals surface area contributed by atoms with Crippen LogP contribution in [0.5, 0.6) is 0 Å². The predicted molar refractivity (Wildman–Crippen MR) is 63.0 cm³/mol. The van der Waals surface area contributed by atoms with Gasteiger partial charge in [-0.2, -0.15) is 0 Å². The second kappa shape index (κ2) is 5.67. The Morgan fingerprint density at radius 3 is 2.06 bits per heavy atom. The summed E-state index contributed by atoms with van der Waals surface area (Å²) in [6, 6.07) is 0. The van der Waals surface area contributed by atoms with E-state index in [1.54, 1.807) is 0 Å². The van der Waals surface area contributed by atoms with Crippen molar-refractivity contribution in [3.8, 4) is 0 Å². The van der Waals surface area contributed by atoms with Crippen LogP contribution in [0.2, 0.25) is 0 Å². The molecular formula is C13H23NO2. The van der Waals surface area contributed by atoms with Gasteiger partial charge in [0, 0.05) is 19.0 Å². The highest BCUT2D eigenvalue weighted by Crippen LogP contribution is 2.25. The number of piperidine rings is 1. The number of aliphatic hydroxyl groups is 1. The summed E-state index contributed by atoms with van der Waals surface area (Å²) in [7, 11) is 0. The Morgan fingerprint density at radius 2 is 1.50 bits per heavy atom. The Bertz CT molecular complexity index is 226. The zero-order valence-corrected chi connectivity index (χ0v) is 10.0. The fraction of sp³-hybridized carbons (Fsp3) is 0.923. The van der Waals surface area contributed by atoms with E-state index in [9.17, 15) is 9.90 Å². The number of nitrogens with zero attached hydrogens (tertiary/aromatic N) is 1. The number of rotatable bonds is 1. The van der Waals surface area contributed by atoms with Gasteiger partial charge in [0.25, 0.3) is 0 Å². The van der Waals surface area contributed by atoms with Gasteiger partial charge in [0.15, 0.2) is 0 Å². The highest BCUT2D eigenvalue weighted by molar-refractivity contribution is 5.78. The maximum absolute atomic E-state index is 12.3. The summed E-state index contributed by atoms with van der Waals surface area (Å²) in [6.07, 6.45) is 8.52. The van der Waals surface area contributed by atoms with E-state index in [0.717, 1.165) is 38.8 Å². The van der Waals surface area contributed by atoms with Crippen molar-refractivity contribution in [1.29, 1.82) is 0 Å². The molecule has 16 heavy (non-hydrogen) atoms. The minimum absolute atomic E-state index is 0.182. The molecule has 0 atom stereocenters. The summed E-state index contributed by atoms with van der Waals surface area (Å²) >= 11 is 0. The van der Waals surface area contributed by atoms with Crippen molar-refractivity contribution in [1.82, 2.24) is 4.90 Å². The molecule has 92 valence electrons. The van der Waals surface area contributed by atoms with Crippen LogP contribution in [-0.2, 0) is 4.79 Å². The van der Waals surface area contributed by atoms with E-state index in [1.165, 1.54) is 25.7 Å². The standard InChI is InChI=1S/C13H23NO2/c15-12-7-9-14(10-8-12)13(16)11-5-3-1-2-4-6-11/h11-12,15H,1-10H2. The molecule has 0 aromatic carbocycles. The highest BCUT2D eigenvalue weighted by Gasteiger charge is 2.27. The largest absolute Gasteiger partial charge is 0.393 e. The Hall–Kier alpha value is -0.570. The van der Waals surface area contributed by atoms with Gasteiger partial charge in [-0.25, -0.2) is 0 Å². The molecule has 0 unspecified atom stereocenters. The molecule has 3 nitrogen and oxygen atoms in total. The number of aliphatic hydroxyl groups excluding tert-OH is 1. The van der Waals surface area contributed by atoms with Crippen LogP contribution in [0.15, 0.2) is 0 Å². The smallest absolute Gasteiger partial charge is 0.225 e. The third kappa shape index (κ3) is 2.97. The Kier molecular flexibility index (Phi) is 4.22. The quantitative estimate of drug-likeness (QED) is 0.693. The molecule has 0 aromatic rings. The van der Waals surface area contributed by atoms with Crippen molar-refractivity contribution in [2.75, 3.05) is 13.1 Å². The topological polar surface area (TPSA) is 40.5 Å². The monoisotopic (exact) mass is 225 g/mol. The summed E-state index contributed by atoms with van der Waals surface area (Å²) in [5.41, 5.74) is 0. The fourth-order valence-corrected chi connectivity index (χ4v) is 2.87. The second-order valence-corrected chi connectivity index (χ2v) is 5.24. The molecule has 2 aliphatic rings. The van der Waals surface area contributed by atoms with Crippen LogP contribution in [0, 0.1) is 5.92 Å². The second-order valence-electron chi connectivity index (χ2n) is 5.24. The van der Waals surface area contributed by atoms with Gasteiger partial charge in [-0.1, -0.05) is 25.7 Å². The van der Waals surface area contributed by atoms with Gasteiger partial charge >= 0.3 is 0 Å². The molecule has 3 heteroatoms. The molecule has 0 aromatic heterocycles. The predicted octanol–water partition coefficient (Wildman–Crippen LogP) is 1.94. The first-order valence-electron chi connectivity index (χ1n) is 6.74. The molecule has 1 amide bonds. The summed E-state index contributed by atoms with van der Waals surface area (Å²) in [5.74, 6) is 0.631. The minimum atomic E-state index is -0.182. The molecule has 1 saturated carbocycles. The van der Waals surface area contributed by atoms with Crippen LogP contribution < -0.4 is 0 Å². The zero-order valence-electron chi connectivity index (χ0n) is 10.0. The first kappa shape index (κ1) is 11.9. The Labute approximate surface area is 97.8 Å². The molecule has 2 fully saturated rings. The SMILES string of the molecule is O=C(C1CCCCCC1)N1CCC(O)CC1. The van der Waals surface area contributed by atoms with Gasteiger partial charge < -0.3 is 10.0 Å². The minimum Gasteiger partial charge on any atom is -0.393 e. The molecule has 1 aliphatic carbocycles. The molecule has 0 spiro atoms.